The summed E-state index contributed by atoms with van der Waals surface area (Å²) in [5, 5.41) is 5.37. The zero-order valence-electron chi connectivity index (χ0n) is 12.0. The summed E-state index contributed by atoms with van der Waals surface area (Å²) < 4.78 is 5.98. The minimum absolute atomic E-state index is 0.0954. The van der Waals surface area contributed by atoms with Gasteiger partial charge >= 0.3 is 0 Å². The van der Waals surface area contributed by atoms with Gasteiger partial charge in [0, 0.05) is 23.2 Å². The third kappa shape index (κ3) is 3.23. The van der Waals surface area contributed by atoms with Gasteiger partial charge in [-0.15, -0.1) is 11.3 Å². The van der Waals surface area contributed by atoms with Gasteiger partial charge in [-0.05, 0) is 30.2 Å². The van der Waals surface area contributed by atoms with Crippen molar-refractivity contribution in [3.63, 3.8) is 0 Å². The van der Waals surface area contributed by atoms with E-state index in [0.29, 0.717) is 6.61 Å². The monoisotopic (exact) mass is 298 g/mol. The van der Waals surface area contributed by atoms with E-state index in [4.69, 9.17) is 10.5 Å². The Bertz CT molecular complexity index is 723. The molecule has 3 nitrogen and oxygen atoms in total. The first-order valence-electron chi connectivity index (χ1n) is 7.01. The molecule has 108 valence electrons. The summed E-state index contributed by atoms with van der Waals surface area (Å²) in [6.07, 6.45) is 2.60. The molecule has 0 aliphatic heterocycles. The number of hydrogen-bond donors (Lipinski definition) is 1. The van der Waals surface area contributed by atoms with Crippen molar-refractivity contribution >= 4 is 22.1 Å². The first-order valence-corrected chi connectivity index (χ1v) is 7.89. The van der Waals surface area contributed by atoms with Gasteiger partial charge in [-0.2, -0.15) is 0 Å². The van der Waals surface area contributed by atoms with Crippen molar-refractivity contribution in [2.45, 2.75) is 26.0 Å². The van der Waals surface area contributed by atoms with Crippen LogP contribution < -0.4 is 10.5 Å². The molecule has 0 aliphatic carbocycles. The predicted octanol–water partition coefficient (Wildman–Crippen LogP) is 3.77. The van der Waals surface area contributed by atoms with Crippen LogP contribution in [0.3, 0.4) is 0 Å². The van der Waals surface area contributed by atoms with Crippen molar-refractivity contribution in [3.05, 3.63) is 58.5 Å². The third-order valence-electron chi connectivity index (χ3n) is 3.36. The van der Waals surface area contributed by atoms with Crippen LogP contribution in [0.4, 0.5) is 0 Å². The Balaban J connectivity index is 1.96. The average Bonchev–Trinajstić information content (AvgIpc) is 2.99. The highest BCUT2D eigenvalue weighted by Crippen LogP contribution is 2.29. The van der Waals surface area contributed by atoms with Gasteiger partial charge in [0.05, 0.1) is 0 Å². The van der Waals surface area contributed by atoms with E-state index in [1.165, 1.54) is 16.3 Å². The molecule has 0 saturated carbocycles. The number of benzene rings is 2. The molecular formula is C17H18N2OS. The van der Waals surface area contributed by atoms with Crippen molar-refractivity contribution in [1.82, 2.24) is 4.98 Å². The van der Waals surface area contributed by atoms with Gasteiger partial charge in [0.1, 0.15) is 17.4 Å². The maximum Gasteiger partial charge on any atom is 0.140 e. The fourth-order valence-electron chi connectivity index (χ4n) is 2.45. The van der Waals surface area contributed by atoms with Crippen molar-refractivity contribution in [1.29, 1.82) is 0 Å². The van der Waals surface area contributed by atoms with Crippen LogP contribution in [0.25, 0.3) is 10.8 Å². The number of aromatic nitrogens is 1. The number of fused-ring (bicyclic) bond motifs is 1. The van der Waals surface area contributed by atoms with Crippen molar-refractivity contribution in [2.75, 3.05) is 0 Å². The van der Waals surface area contributed by atoms with Gasteiger partial charge in [-0.3, -0.25) is 0 Å². The molecule has 0 fully saturated rings. The lowest BCUT2D eigenvalue weighted by molar-refractivity contribution is 0.302. The zero-order valence-corrected chi connectivity index (χ0v) is 12.8. The maximum absolute atomic E-state index is 6.01. The molecule has 3 aromatic rings. The van der Waals surface area contributed by atoms with E-state index in [1.807, 2.05) is 24.4 Å². The lowest BCUT2D eigenvalue weighted by Crippen LogP contribution is -2.18. The molecule has 1 atom stereocenters. The molecule has 1 unspecified atom stereocenters. The molecular weight excluding hydrogens is 280 g/mol. The van der Waals surface area contributed by atoms with E-state index in [2.05, 4.69) is 29.2 Å². The number of hydrogen-bond acceptors (Lipinski definition) is 4. The van der Waals surface area contributed by atoms with E-state index in [0.717, 1.165) is 17.2 Å². The number of nitrogens with zero attached hydrogens (tertiary/aromatic N) is 1. The SMILES string of the molecule is CC(N)Cc1c(OCc2nccs2)ccc2ccccc12. The average molecular weight is 298 g/mol. The molecule has 0 aliphatic rings. The number of ether oxygens (including phenoxy) is 1. The summed E-state index contributed by atoms with van der Waals surface area (Å²) in [5.74, 6) is 0.904. The van der Waals surface area contributed by atoms with Gasteiger partial charge in [-0.1, -0.05) is 30.3 Å². The third-order valence-corrected chi connectivity index (χ3v) is 4.11. The van der Waals surface area contributed by atoms with Gasteiger partial charge < -0.3 is 10.5 Å². The van der Waals surface area contributed by atoms with E-state index in [-0.39, 0.29) is 6.04 Å². The van der Waals surface area contributed by atoms with Crippen LogP contribution in [0.2, 0.25) is 0 Å². The largest absolute Gasteiger partial charge is 0.486 e. The minimum Gasteiger partial charge on any atom is -0.486 e. The van der Waals surface area contributed by atoms with Gasteiger partial charge in [-0.25, -0.2) is 4.98 Å². The second-order valence-corrected chi connectivity index (χ2v) is 6.14. The second-order valence-electron chi connectivity index (χ2n) is 5.16. The Morgan fingerprint density at radius 3 is 2.86 bits per heavy atom. The molecule has 4 heteroatoms. The molecule has 21 heavy (non-hydrogen) atoms. The Hall–Kier alpha value is -1.91. The second kappa shape index (κ2) is 6.24. The highest BCUT2D eigenvalue weighted by atomic mass is 32.1. The fraction of sp³-hybridized carbons (Fsp3) is 0.235. The lowest BCUT2D eigenvalue weighted by Gasteiger charge is -2.15. The quantitative estimate of drug-likeness (QED) is 0.780. The molecule has 1 aromatic heterocycles. The summed E-state index contributed by atoms with van der Waals surface area (Å²) >= 11 is 1.60. The molecule has 0 amide bonds. The highest BCUT2D eigenvalue weighted by molar-refractivity contribution is 7.09. The van der Waals surface area contributed by atoms with Crippen molar-refractivity contribution in [3.8, 4) is 5.75 Å². The van der Waals surface area contributed by atoms with E-state index < -0.39 is 0 Å². The van der Waals surface area contributed by atoms with Crippen LogP contribution in [0.15, 0.2) is 48.0 Å². The molecule has 0 saturated heterocycles. The Morgan fingerprint density at radius 2 is 2.10 bits per heavy atom. The van der Waals surface area contributed by atoms with Gasteiger partial charge in [0.2, 0.25) is 0 Å². The highest BCUT2D eigenvalue weighted by Gasteiger charge is 2.11. The summed E-state index contributed by atoms with van der Waals surface area (Å²) in [7, 11) is 0. The van der Waals surface area contributed by atoms with Crippen LogP contribution in [0.5, 0.6) is 5.75 Å². The van der Waals surface area contributed by atoms with E-state index in [1.54, 1.807) is 17.5 Å². The molecule has 2 N–H and O–H groups in total. The van der Waals surface area contributed by atoms with Crippen LogP contribution >= 0.6 is 11.3 Å². The molecule has 2 aromatic carbocycles. The normalized spacial score (nSPS) is 12.5. The first-order chi connectivity index (χ1) is 10.2. The van der Waals surface area contributed by atoms with Gasteiger partial charge in [0.15, 0.2) is 0 Å². The summed E-state index contributed by atoms with van der Waals surface area (Å²) in [6, 6.07) is 12.6. The number of thiazole rings is 1. The van der Waals surface area contributed by atoms with Crippen LogP contribution in [-0.2, 0) is 13.0 Å². The molecule has 0 radical (unpaired) electrons. The Labute approximate surface area is 128 Å². The topological polar surface area (TPSA) is 48.1 Å². The first kappa shape index (κ1) is 14.0. The predicted molar refractivity (Wildman–Crippen MR) is 87.7 cm³/mol. The summed E-state index contributed by atoms with van der Waals surface area (Å²) in [6.45, 7) is 2.52. The Morgan fingerprint density at radius 1 is 1.24 bits per heavy atom. The molecule has 0 bridgehead atoms. The molecule has 1 heterocycles. The smallest absolute Gasteiger partial charge is 0.140 e. The van der Waals surface area contributed by atoms with Crippen LogP contribution in [0, 0.1) is 0 Å². The van der Waals surface area contributed by atoms with E-state index in [9.17, 15) is 0 Å². The van der Waals surface area contributed by atoms with E-state index >= 15 is 0 Å². The zero-order chi connectivity index (χ0) is 14.7. The minimum atomic E-state index is 0.0954. The molecule has 3 rings (SSSR count). The van der Waals surface area contributed by atoms with Crippen molar-refractivity contribution in [2.24, 2.45) is 5.73 Å². The van der Waals surface area contributed by atoms with Crippen LogP contribution in [0.1, 0.15) is 17.5 Å². The van der Waals surface area contributed by atoms with Gasteiger partial charge in [0.25, 0.3) is 0 Å². The fourth-order valence-corrected chi connectivity index (χ4v) is 2.97. The number of nitrogens with two attached hydrogens (primary N) is 1. The summed E-state index contributed by atoms with van der Waals surface area (Å²) in [5.41, 5.74) is 7.19. The standard InChI is InChI=1S/C17H18N2OS/c1-12(18)10-15-14-5-3-2-4-13(14)6-7-16(15)20-11-17-19-8-9-21-17/h2-9,12H,10-11,18H2,1H3. The summed E-state index contributed by atoms with van der Waals surface area (Å²) in [4.78, 5) is 4.25. The Kier molecular flexibility index (Phi) is 4.18. The number of rotatable bonds is 5. The maximum atomic E-state index is 6.01. The molecule has 0 spiro atoms. The lowest BCUT2D eigenvalue weighted by atomic mass is 9.98. The van der Waals surface area contributed by atoms with Crippen molar-refractivity contribution < 1.29 is 4.74 Å². The van der Waals surface area contributed by atoms with Crippen LogP contribution in [-0.4, -0.2) is 11.0 Å².